The van der Waals surface area contributed by atoms with Crippen molar-refractivity contribution in [3.05, 3.63) is 55.8 Å². The molecule has 15 heavy (non-hydrogen) atoms. The van der Waals surface area contributed by atoms with Crippen LogP contribution in [0.4, 0.5) is 0 Å². The number of H-pyrrole nitrogens is 1. The number of nitrogens with zero attached hydrogens (tertiary/aromatic N) is 2. The fourth-order valence-electron chi connectivity index (χ4n) is 1.15. The number of aromatic amines is 1. The maximum Gasteiger partial charge on any atom is 0.349 e. The zero-order valence-corrected chi connectivity index (χ0v) is 9.06. The van der Waals surface area contributed by atoms with Crippen molar-refractivity contribution in [3.63, 3.8) is 0 Å². The van der Waals surface area contributed by atoms with E-state index in [1.807, 2.05) is 6.07 Å². The summed E-state index contributed by atoms with van der Waals surface area (Å²) in [6.07, 6.45) is 1.06. The van der Waals surface area contributed by atoms with E-state index in [4.69, 9.17) is 0 Å². The molecule has 0 amide bonds. The first-order valence-electron chi connectivity index (χ1n) is 4.12. The molecule has 0 aliphatic heterocycles. The van der Waals surface area contributed by atoms with Gasteiger partial charge in [-0.25, -0.2) is 4.79 Å². The van der Waals surface area contributed by atoms with E-state index in [0.29, 0.717) is 5.69 Å². The lowest BCUT2D eigenvalue weighted by molar-refractivity contribution is 0.747. The SMILES string of the molecule is O=c1cnn(-c2ccccc2Br)c(=O)[nH]1. The largest absolute Gasteiger partial charge is 0.349 e. The second kappa shape index (κ2) is 3.82. The minimum absolute atomic E-state index is 0.511. The van der Waals surface area contributed by atoms with Crippen molar-refractivity contribution in [2.75, 3.05) is 0 Å². The highest BCUT2D eigenvalue weighted by Crippen LogP contribution is 2.17. The Bertz CT molecular complexity index is 603. The topological polar surface area (TPSA) is 67.8 Å². The predicted molar refractivity (Wildman–Crippen MR) is 58.2 cm³/mol. The Labute approximate surface area is 92.5 Å². The predicted octanol–water partition coefficient (Wildman–Crippen LogP) is 0.683. The normalized spacial score (nSPS) is 10.2. The molecular weight excluding hydrogens is 262 g/mol. The van der Waals surface area contributed by atoms with E-state index in [1.165, 1.54) is 0 Å². The van der Waals surface area contributed by atoms with Gasteiger partial charge < -0.3 is 0 Å². The molecule has 0 radical (unpaired) electrons. The molecule has 1 heterocycles. The molecule has 0 aliphatic rings. The second-order valence-electron chi connectivity index (χ2n) is 2.80. The number of nitrogens with one attached hydrogen (secondary N) is 1. The van der Waals surface area contributed by atoms with Crippen molar-refractivity contribution in [1.82, 2.24) is 14.8 Å². The average Bonchev–Trinajstić information content (AvgIpc) is 2.20. The fourth-order valence-corrected chi connectivity index (χ4v) is 1.60. The molecule has 2 aromatic rings. The highest BCUT2D eigenvalue weighted by Gasteiger charge is 2.04. The first kappa shape index (κ1) is 9.85. The molecule has 0 saturated heterocycles. The number of para-hydroxylation sites is 1. The Morgan fingerprint density at radius 2 is 2.00 bits per heavy atom. The van der Waals surface area contributed by atoms with Gasteiger partial charge in [0.2, 0.25) is 0 Å². The fraction of sp³-hybridized carbons (Fsp3) is 0. The Morgan fingerprint density at radius 3 is 2.67 bits per heavy atom. The molecule has 1 aromatic carbocycles. The molecule has 0 bridgehead atoms. The summed E-state index contributed by atoms with van der Waals surface area (Å²) in [5, 5.41) is 3.74. The Morgan fingerprint density at radius 1 is 1.27 bits per heavy atom. The van der Waals surface area contributed by atoms with Gasteiger partial charge in [-0.2, -0.15) is 9.78 Å². The molecule has 1 N–H and O–H groups in total. The van der Waals surface area contributed by atoms with Gasteiger partial charge >= 0.3 is 5.69 Å². The molecule has 0 fully saturated rings. The van der Waals surface area contributed by atoms with Gasteiger partial charge in [-0.15, -0.1) is 0 Å². The van der Waals surface area contributed by atoms with Crippen LogP contribution >= 0.6 is 15.9 Å². The van der Waals surface area contributed by atoms with Crippen molar-refractivity contribution < 1.29 is 0 Å². The molecule has 0 saturated carbocycles. The van der Waals surface area contributed by atoms with E-state index in [-0.39, 0.29) is 0 Å². The van der Waals surface area contributed by atoms with Gasteiger partial charge in [0.05, 0.1) is 5.69 Å². The Balaban J connectivity index is 2.70. The number of benzene rings is 1. The van der Waals surface area contributed by atoms with Crippen LogP contribution in [0.25, 0.3) is 5.69 Å². The van der Waals surface area contributed by atoms with Gasteiger partial charge in [-0.1, -0.05) is 12.1 Å². The quantitative estimate of drug-likeness (QED) is 0.827. The number of hydrogen-bond acceptors (Lipinski definition) is 3. The van der Waals surface area contributed by atoms with Gasteiger partial charge in [0.15, 0.2) is 0 Å². The zero-order chi connectivity index (χ0) is 10.8. The van der Waals surface area contributed by atoms with Crippen LogP contribution in [0.5, 0.6) is 0 Å². The molecule has 0 atom stereocenters. The standard InChI is InChI=1S/C9H6BrN3O2/c10-6-3-1-2-4-7(6)13-9(15)12-8(14)5-11-13/h1-5H,(H,12,14,15). The maximum absolute atomic E-state index is 11.4. The third kappa shape index (κ3) is 1.89. The summed E-state index contributed by atoms with van der Waals surface area (Å²) in [4.78, 5) is 24.4. The van der Waals surface area contributed by atoms with Crippen molar-refractivity contribution in [2.24, 2.45) is 0 Å². The molecule has 76 valence electrons. The minimum atomic E-state index is -0.561. The summed E-state index contributed by atoms with van der Waals surface area (Å²) in [5.41, 5.74) is -0.489. The highest BCUT2D eigenvalue weighted by molar-refractivity contribution is 9.10. The van der Waals surface area contributed by atoms with E-state index >= 15 is 0 Å². The summed E-state index contributed by atoms with van der Waals surface area (Å²) in [7, 11) is 0. The summed E-state index contributed by atoms with van der Waals surface area (Å²) in [5.74, 6) is 0. The van der Waals surface area contributed by atoms with Crippen LogP contribution in [0.15, 0.2) is 44.5 Å². The summed E-state index contributed by atoms with van der Waals surface area (Å²) in [6, 6.07) is 7.11. The van der Waals surface area contributed by atoms with Crippen molar-refractivity contribution in [2.45, 2.75) is 0 Å². The van der Waals surface area contributed by atoms with Gasteiger partial charge in [-0.3, -0.25) is 9.78 Å². The van der Waals surface area contributed by atoms with Crippen LogP contribution in [-0.2, 0) is 0 Å². The number of rotatable bonds is 1. The minimum Gasteiger partial charge on any atom is -0.271 e. The second-order valence-corrected chi connectivity index (χ2v) is 3.66. The van der Waals surface area contributed by atoms with Crippen molar-refractivity contribution in [1.29, 1.82) is 0 Å². The van der Waals surface area contributed by atoms with Crippen molar-refractivity contribution >= 4 is 15.9 Å². The van der Waals surface area contributed by atoms with E-state index in [2.05, 4.69) is 26.0 Å². The summed E-state index contributed by atoms with van der Waals surface area (Å²) >= 11 is 3.29. The van der Waals surface area contributed by atoms with Gasteiger partial charge in [0.25, 0.3) is 5.56 Å². The molecule has 0 aliphatic carbocycles. The Hall–Kier alpha value is -1.69. The van der Waals surface area contributed by atoms with Crippen LogP contribution in [0.2, 0.25) is 0 Å². The first-order chi connectivity index (χ1) is 7.18. The average molecular weight is 268 g/mol. The lowest BCUT2D eigenvalue weighted by Crippen LogP contribution is -2.30. The van der Waals surface area contributed by atoms with Gasteiger partial charge in [0.1, 0.15) is 6.20 Å². The lowest BCUT2D eigenvalue weighted by Gasteiger charge is -2.04. The van der Waals surface area contributed by atoms with Crippen LogP contribution in [0.3, 0.4) is 0 Å². The molecule has 6 heteroatoms. The number of aromatic nitrogens is 3. The third-order valence-electron chi connectivity index (χ3n) is 1.79. The van der Waals surface area contributed by atoms with E-state index in [9.17, 15) is 9.59 Å². The number of halogens is 1. The molecular formula is C9H6BrN3O2. The van der Waals surface area contributed by atoms with Crippen LogP contribution in [0.1, 0.15) is 0 Å². The van der Waals surface area contributed by atoms with Crippen LogP contribution < -0.4 is 11.2 Å². The molecule has 5 nitrogen and oxygen atoms in total. The number of hydrogen-bond donors (Lipinski definition) is 1. The zero-order valence-electron chi connectivity index (χ0n) is 7.48. The monoisotopic (exact) mass is 267 g/mol. The van der Waals surface area contributed by atoms with E-state index in [0.717, 1.165) is 15.4 Å². The summed E-state index contributed by atoms with van der Waals surface area (Å²) in [6.45, 7) is 0. The van der Waals surface area contributed by atoms with Crippen molar-refractivity contribution in [3.8, 4) is 5.69 Å². The maximum atomic E-state index is 11.4. The lowest BCUT2D eigenvalue weighted by atomic mass is 10.3. The van der Waals surface area contributed by atoms with Gasteiger partial charge in [0, 0.05) is 4.47 Å². The van der Waals surface area contributed by atoms with E-state index < -0.39 is 11.2 Å². The molecule has 0 unspecified atom stereocenters. The van der Waals surface area contributed by atoms with Crippen LogP contribution in [0, 0.1) is 0 Å². The smallest absolute Gasteiger partial charge is 0.271 e. The summed E-state index contributed by atoms with van der Waals surface area (Å²) < 4.78 is 1.84. The highest BCUT2D eigenvalue weighted by atomic mass is 79.9. The first-order valence-corrected chi connectivity index (χ1v) is 4.91. The van der Waals surface area contributed by atoms with E-state index in [1.54, 1.807) is 18.2 Å². The van der Waals surface area contributed by atoms with Gasteiger partial charge in [-0.05, 0) is 28.1 Å². The van der Waals surface area contributed by atoms with Crippen LogP contribution in [-0.4, -0.2) is 14.8 Å². The Kier molecular flexibility index (Phi) is 2.51. The molecule has 1 aromatic heterocycles. The third-order valence-corrected chi connectivity index (χ3v) is 2.46. The molecule has 2 rings (SSSR count). The molecule has 0 spiro atoms.